The van der Waals surface area contributed by atoms with Gasteiger partial charge >= 0.3 is 0 Å². The second-order valence-electron chi connectivity index (χ2n) is 4.36. The number of thioether (sulfide) groups is 1. The molecule has 1 saturated heterocycles. The number of ether oxygens (including phenoxy) is 1. The van der Waals surface area contributed by atoms with E-state index in [1.54, 1.807) is 12.1 Å². The minimum atomic E-state index is -2.52. The van der Waals surface area contributed by atoms with Gasteiger partial charge in [0.25, 0.3) is 6.43 Å². The van der Waals surface area contributed by atoms with Gasteiger partial charge in [-0.25, -0.2) is 8.78 Å². The van der Waals surface area contributed by atoms with E-state index in [9.17, 15) is 13.6 Å². The van der Waals surface area contributed by atoms with Crippen molar-refractivity contribution in [3.05, 3.63) is 29.3 Å². The molecule has 108 valence electrons. The highest BCUT2D eigenvalue weighted by Gasteiger charge is 2.30. The van der Waals surface area contributed by atoms with Crippen LogP contribution in [-0.2, 0) is 16.1 Å². The number of amides is 1. The normalized spacial score (nSPS) is 15.5. The summed E-state index contributed by atoms with van der Waals surface area (Å²) >= 11 is 1.15. The number of benzene rings is 1. The summed E-state index contributed by atoms with van der Waals surface area (Å²) in [6.45, 7) is 1.21. The Morgan fingerprint density at radius 1 is 1.50 bits per heavy atom. The Bertz CT molecular complexity index is 521. The van der Waals surface area contributed by atoms with Crippen molar-refractivity contribution in [3.8, 4) is 0 Å². The molecule has 1 amide bonds. The Hall–Kier alpha value is -1.47. The van der Waals surface area contributed by atoms with Crippen molar-refractivity contribution in [1.82, 2.24) is 0 Å². The molecule has 1 N–H and O–H groups in total. The van der Waals surface area contributed by atoms with Crippen LogP contribution >= 0.6 is 11.8 Å². The van der Waals surface area contributed by atoms with Gasteiger partial charge in [-0.1, -0.05) is 23.9 Å². The van der Waals surface area contributed by atoms with Gasteiger partial charge in [0.15, 0.2) is 5.17 Å². The first-order valence-corrected chi connectivity index (χ1v) is 6.97. The van der Waals surface area contributed by atoms with Gasteiger partial charge < -0.3 is 4.74 Å². The van der Waals surface area contributed by atoms with Crippen molar-refractivity contribution in [2.45, 2.75) is 20.0 Å². The fourth-order valence-corrected chi connectivity index (χ4v) is 2.60. The molecule has 1 fully saturated rings. The molecule has 0 atom stereocenters. The number of alkyl halides is 2. The number of aryl methyl sites for hydroxylation is 1. The quantitative estimate of drug-likeness (QED) is 0.909. The van der Waals surface area contributed by atoms with Crippen LogP contribution in [0.5, 0.6) is 0 Å². The van der Waals surface area contributed by atoms with Crippen LogP contribution in [0.2, 0.25) is 0 Å². The van der Waals surface area contributed by atoms with Crippen molar-refractivity contribution in [1.29, 1.82) is 5.41 Å². The summed E-state index contributed by atoms with van der Waals surface area (Å²) in [5, 5.41) is 7.94. The van der Waals surface area contributed by atoms with Crippen molar-refractivity contribution in [3.63, 3.8) is 0 Å². The number of carbonyl (C=O) groups is 1. The number of rotatable bonds is 5. The average Bonchev–Trinajstić information content (AvgIpc) is 2.70. The molecule has 0 saturated carbocycles. The van der Waals surface area contributed by atoms with Gasteiger partial charge in [0, 0.05) is 5.56 Å². The molecule has 0 spiro atoms. The smallest absolute Gasteiger partial charge is 0.261 e. The SMILES string of the molecule is Cc1ccc(COCC(F)F)c(N2C(=N)SCC2=O)c1. The van der Waals surface area contributed by atoms with E-state index in [0.29, 0.717) is 11.3 Å². The number of hydrogen-bond donors (Lipinski definition) is 1. The van der Waals surface area contributed by atoms with E-state index >= 15 is 0 Å². The minimum Gasteiger partial charge on any atom is -0.371 e. The van der Waals surface area contributed by atoms with Gasteiger partial charge in [0.2, 0.25) is 5.91 Å². The van der Waals surface area contributed by atoms with Crippen LogP contribution in [0.4, 0.5) is 14.5 Å². The number of halogens is 2. The molecule has 0 radical (unpaired) electrons. The van der Waals surface area contributed by atoms with Gasteiger partial charge in [0.1, 0.15) is 6.61 Å². The van der Waals surface area contributed by atoms with Gasteiger partial charge in [-0.2, -0.15) is 0 Å². The van der Waals surface area contributed by atoms with Crippen LogP contribution in [0.25, 0.3) is 0 Å². The Labute approximate surface area is 119 Å². The second-order valence-corrected chi connectivity index (χ2v) is 5.33. The largest absolute Gasteiger partial charge is 0.371 e. The van der Waals surface area contributed by atoms with E-state index in [4.69, 9.17) is 10.1 Å². The highest BCUT2D eigenvalue weighted by molar-refractivity contribution is 8.15. The molecule has 0 bridgehead atoms. The second kappa shape index (κ2) is 6.32. The first-order valence-electron chi connectivity index (χ1n) is 5.98. The summed E-state index contributed by atoms with van der Waals surface area (Å²) in [4.78, 5) is 13.1. The molecule has 1 aliphatic heterocycles. The zero-order chi connectivity index (χ0) is 14.7. The first-order chi connectivity index (χ1) is 9.49. The van der Waals surface area contributed by atoms with Gasteiger partial charge in [-0.15, -0.1) is 0 Å². The lowest BCUT2D eigenvalue weighted by molar-refractivity contribution is -0.115. The number of nitrogens with one attached hydrogen (secondary N) is 1. The number of amidine groups is 1. The molecule has 1 aliphatic rings. The lowest BCUT2D eigenvalue weighted by Gasteiger charge is -2.19. The van der Waals surface area contributed by atoms with E-state index in [2.05, 4.69) is 0 Å². The summed E-state index contributed by atoms with van der Waals surface area (Å²) in [5.41, 5.74) is 2.09. The zero-order valence-corrected chi connectivity index (χ0v) is 11.7. The Morgan fingerprint density at radius 2 is 2.25 bits per heavy atom. The maximum Gasteiger partial charge on any atom is 0.261 e. The van der Waals surface area contributed by atoms with Crippen LogP contribution in [0.3, 0.4) is 0 Å². The van der Waals surface area contributed by atoms with Gasteiger partial charge in [-0.05, 0) is 18.6 Å². The first kappa shape index (κ1) is 14.9. The van der Waals surface area contributed by atoms with Crippen LogP contribution in [-0.4, -0.2) is 29.9 Å². The zero-order valence-electron chi connectivity index (χ0n) is 10.9. The van der Waals surface area contributed by atoms with E-state index in [1.807, 2.05) is 13.0 Å². The molecule has 2 rings (SSSR count). The standard InChI is InChI=1S/C13H14F2N2O2S/c1-8-2-3-9(5-19-6-11(14)15)10(4-8)17-12(18)7-20-13(17)16/h2-4,11,16H,5-7H2,1H3. The topological polar surface area (TPSA) is 53.4 Å². The molecule has 4 nitrogen and oxygen atoms in total. The van der Waals surface area contributed by atoms with E-state index in [-0.39, 0.29) is 23.4 Å². The van der Waals surface area contributed by atoms with Crippen molar-refractivity contribution in [2.24, 2.45) is 0 Å². The maximum absolute atomic E-state index is 12.1. The van der Waals surface area contributed by atoms with E-state index in [1.165, 1.54) is 4.90 Å². The van der Waals surface area contributed by atoms with Crippen molar-refractivity contribution >= 4 is 28.5 Å². The molecule has 0 aliphatic carbocycles. The summed E-state index contributed by atoms with van der Waals surface area (Å²) in [7, 11) is 0. The molecule has 1 heterocycles. The van der Waals surface area contributed by atoms with Gasteiger partial charge in [0.05, 0.1) is 18.0 Å². The predicted octanol–water partition coefficient (Wildman–Crippen LogP) is 2.79. The molecule has 0 unspecified atom stereocenters. The van der Waals surface area contributed by atoms with E-state index in [0.717, 1.165) is 17.3 Å². The van der Waals surface area contributed by atoms with Gasteiger partial charge in [-0.3, -0.25) is 15.1 Å². The maximum atomic E-state index is 12.1. The number of hydrogen-bond acceptors (Lipinski definition) is 4. The summed E-state index contributed by atoms with van der Waals surface area (Å²) < 4.78 is 29.1. The molecule has 20 heavy (non-hydrogen) atoms. The Balaban J connectivity index is 2.24. The van der Waals surface area contributed by atoms with Crippen LogP contribution in [0.1, 0.15) is 11.1 Å². The fraction of sp³-hybridized carbons (Fsp3) is 0.385. The number of nitrogens with zero attached hydrogens (tertiary/aromatic N) is 1. The number of carbonyl (C=O) groups excluding carboxylic acids is 1. The third-order valence-corrected chi connectivity index (χ3v) is 3.62. The molecular formula is C13H14F2N2O2S. The monoisotopic (exact) mass is 300 g/mol. The molecule has 0 aromatic heterocycles. The lowest BCUT2D eigenvalue weighted by Crippen LogP contribution is -2.29. The van der Waals surface area contributed by atoms with Crippen LogP contribution < -0.4 is 4.90 Å². The average molecular weight is 300 g/mol. The predicted molar refractivity (Wildman–Crippen MR) is 74.5 cm³/mol. The Kier molecular flexibility index (Phi) is 4.72. The highest BCUT2D eigenvalue weighted by Crippen LogP contribution is 2.30. The third-order valence-electron chi connectivity index (χ3n) is 2.77. The fourth-order valence-electron chi connectivity index (χ4n) is 1.88. The summed E-state index contributed by atoms with van der Waals surface area (Å²) in [6.07, 6.45) is -2.52. The Morgan fingerprint density at radius 3 is 2.85 bits per heavy atom. The lowest BCUT2D eigenvalue weighted by atomic mass is 10.1. The summed E-state index contributed by atoms with van der Waals surface area (Å²) in [6, 6.07) is 5.32. The van der Waals surface area contributed by atoms with Crippen LogP contribution in [0.15, 0.2) is 18.2 Å². The minimum absolute atomic E-state index is 0.0122. The van der Waals surface area contributed by atoms with Crippen LogP contribution in [0, 0.1) is 12.3 Å². The number of anilines is 1. The third kappa shape index (κ3) is 3.34. The summed E-state index contributed by atoms with van der Waals surface area (Å²) in [5.74, 6) is 0.0464. The highest BCUT2D eigenvalue weighted by atomic mass is 32.2. The van der Waals surface area contributed by atoms with E-state index < -0.39 is 13.0 Å². The molecule has 7 heteroatoms. The van der Waals surface area contributed by atoms with Crippen molar-refractivity contribution < 1.29 is 18.3 Å². The molecular weight excluding hydrogens is 286 g/mol. The molecule has 1 aromatic rings. The van der Waals surface area contributed by atoms with Crippen molar-refractivity contribution in [2.75, 3.05) is 17.3 Å². The molecule has 1 aromatic carbocycles.